The van der Waals surface area contributed by atoms with E-state index in [4.69, 9.17) is 5.84 Å². The van der Waals surface area contributed by atoms with Gasteiger partial charge in [-0.25, -0.2) is 5.84 Å². The molecule has 0 atom stereocenters. The molecule has 15 heavy (non-hydrogen) atoms. The number of hydrogen-bond donors (Lipinski definition) is 3. The average Bonchev–Trinajstić information content (AvgIpc) is 2.26. The van der Waals surface area contributed by atoms with E-state index in [1.165, 1.54) is 12.8 Å². The molecule has 1 aliphatic rings. The third-order valence-corrected chi connectivity index (χ3v) is 2.84. The number of carbonyl (C=O) groups excluding carboxylic acids is 1. The van der Waals surface area contributed by atoms with Crippen LogP contribution in [0.3, 0.4) is 0 Å². The second-order valence-corrected chi connectivity index (χ2v) is 4.02. The Morgan fingerprint density at radius 1 is 1.07 bits per heavy atom. The van der Waals surface area contributed by atoms with E-state index < -0.39 is 0 Å². The number of nitrogens with one attached hydrogen (secondary N) is 1. The largest absolute Gasteiger partial charge is 0.512 e. The molecule has 1 rings (SSSR count). The van der Waals surface area contributed by atoms with Gasteiger partial charge in [-0.05, 0) is 19.3 Å². The number of aliphatic hydroxyl groups is 1. The van der Waals surface area contributed by atoms with Crippen LogP contribution in [0.1, 0.15) is 51.4 Å². The third kappa shape index (κ3) is 3.91. The zero-order chi connectivity index (χ0) is 11.1. The highest BCUT2D eigenvalue weighted by atomic mass is 16.3. The standard InChI is InChI=1S/C11H20N2O2/c12-13-11(15)9-7-5-3-1-2-4-6-8-10(9)14/h14H,1-8,12H2,(H,13,15)/b10-9-. The summed E-state index contributed by atoms with van der Waals surface area (Å²) < 4.78 is 0. The lowest BCUT2D eigenvalue weighted by Gasteiger charge is -2.11. The number of carbonyl (C=O) groups is 1. The number of amides is 1. The van der Waals surface area contributed by atoms with Crippen molar-refractivity contribution < 1.29 is 9.90 Å². The Bertz CT molecular complexity index is 249. The highest BCUT2D eigenvalue weighted by Gasteiger charge is 2.14. The summed E-state index contributed by atoms with van der Waals surface area (Å²) in [5.41, 5.74) is 2.56. The molecule has 4 N–H and O–H groups in total. The van der Waals surface area contributed by atoms with Gasteiger partial charge in [-0.1, -0.05) is 25.7 Å². The molecule has 4 heteroatoms. The van der Waals surface area contributed by atoms with Gasteiger partial charge in [0, 0.05) is 6.42 Å². The van der Waals surface area contributed by atoms with Gasteiger partial charge in [-0.3, -0.25) is 10.2 Å². The minimum atomic E-state index is -0.340. The molecule has 4 nitrogen and oxygen atoms in total. The Balaban J connectivity index is 2.69. The fourth-order valence-corrected chi connectivity index (χ4v) is 1.93. The van der Waals surface area contributed by atoms with Crippen LogP contribution < -0.4 is 11.3 Å². The molecule has 0 saturated carbocycles. The van der Waals surface area contributed by atoms with Crippen molar-refractivity contribution in [2.24, 2.45) is 5.84 Å². The number of allylic oxidation sites excluding steroid dienone is 1. The molecule has 0 aromatic rings. The van der Waals surface area contributed by atoms with E-state index in [2.05, 4.69) is 5.43 Å². The Morgan fingerprint density at radius 3 is 2.20 bits per heavy atom. The first kappa shape index (κ1) is 12.0. The first-order valence-corrected chi connectivity index (χ1v) is 5.67. The number of hydrazine groups is 1. The summed E-state index contributed by atoms with van der Waals surface area (Å²) in [7, 11) is 0. The van der Waals surface area contributed by atoms with Gasteiger partial charge in [0.1, 0.15) is 5.76 Å². The molecule has 1 aliphatic carbocycles. The quantitative estimate of drug-likeness (QED) is 0.353. The van der Waals surface area contributed by atoms with E-state index in [9.17, 15) is 9.90 Å². The maximum Gasteiger partial charge on any atom is 0.264 e. The van der Waals surface area contributed by atoms with E-state index in [1.54, 1.807) is 0 Å². The molecular weight excluding hydrogens is 192 g/mol. The van der Waals surface area contributed by atoms with E-state index in [0.29, 0.717) is 18.4 Å². The fraction of sp³-hybridized carbons (Fsp3) is 0.727. The van der Waals surface area contributed by atoms with Crippen LogP contribution in [-0.4, -0.2) is 11.0 Å². The van der Waals surface area contributed by atoms with E-state index in [-0.39, 0.29) is 11.7 Å². The zero-order valence-electron chi connectivity index (χ0n) is 9.09. The number of nitrogens with two attached hydrogens (primary N) is 1. The summed E-state index contributed by atoms with van der Waals surface area (Å²) in [6.07, 6.45) is 7.83. The predicted molar refractivity (Wildman–Crippen MR) is 58.9 cm³/mol. The summed E-state index contributed by atoms with van der Waals surface area (Å²) >= 11 is 0. The molecule has 0 aromatic heterocycles. The van der Waals surface area contributed by atoms with Gasteiger partial charge < -0.3 is 5.11 Å². The molecule has 1 amide bonds. The second-order valence-electron chi connectivity index (χ2n) is 4.02. The molecule has 0 unspecified atom stereocenters. The molecular formula is C11H20N2O2. The van der Waals surface area contributed by atoms with Crippen molar-refractivity contribution in [2.75, 3.05) is 0 Å². The van der Waals surface area contributed by atoms with E-state index in [1.807, 2.05) is 0 Å². The summed E-state index contributed by atoms with van der Waals surface area (Å²) in [5, 5.41) is 9.76. The van der Waals surface area contributed by atoms with Gasteiger partial charge in [-0.15, -0.1) is 0 Å². The molecule has 0 aromatic carbocycles. The van der Waals surface area contributed by atoms with Crippen LogP contribution in [0, 0.1) is 0 Å². The minimum Gasteiger partial charge on any atom is -0.512 e. The normalized spacial score (nSPS) is 24.6. The van der Waals surface area contributed by atoms with Crippen LogP contribution in [0.4, 0.5) is 0 Å². The first-order valence-electron chi connectivity index (χ1n) is 5.67. The van der Waals surface area contributed by atoms with Gasteiger partial charge in [0.15, 0.2) is 0 Å². The van der Waals surface area contributed by atoms with Crippen LogP contribution in [0.2, 0.25) is 0 Å². The summed E-state index contributed by atoms with van der Waals surface area (Å²) in [6.45, 7) is 0. The van der Waals surface area contributed by atoms with Crippen LogP contribution in [0.5, 0.6) is 0 Å². The van der Waals surface area contributed by atoms with Gasteiger partial charge in [0.25, 0.3) is 5.91 Å². The Labute approximate surface area is 90.5 Å². The highest BCUT2D eigenvalue weighted by molar-refractivity contribution is 5.93. The highest BCUT2D eigenvalue weighted by Crippen LogP contribution is 2.20. The maximum absolute atomic E-state index is 11.4. The zero-order valence-corrected chi connectivity index (χ0v) is 9.09. The molecule has 0 saturated heterocycles. The fourth-order valence-electron chi connectivity index (χ4n) is 1.93. The van der Waals surface area contributed by atoms with Gasteiger partial charge >= 0.3 is 0 Å². The van der Waals surface area contributed by atoms with Crippen molar-refractivity contribution in [1.29, 1.82) is 0 Å². The average molecular weight is 212 g/mol. The Kier molecular flexibility index (Phi) is 5.18. The first-order chi connectivity index (χ1) is 7.25. The summed E-state index contributed by atoms with van der Waals surface area (Å²) in [6, 6.07) is 0. The lowest BCUT2D eigenvalue weighted by atomic mass is 9.99. The lowest BCUT2D eigenvalue weighted by Crippen LogP contribution is -2.32. The molecule has 0 spiro atoms. The minimum absolute atomic E-state index is 0.222. The Hall–Kier alpha value is -1.03. The van der Waals surface area contributed by atoms with Crippen molar-refractivity contribution in [3.63, 3.8) is 0 Å². The van der Waals surface area contributed by atoms with Crippen LogP contribution in [0.25, 0.3) is 0 Å². The third-order valence-electron chi connectivity index (χ3n) is 2.84. The van der Waals surface area contributed by atoms with Crippen molar-refractivity contribution in [3.8, 4) is 0 Å². The molecule has 0 aliphatic heterocycles. The number of rotatable bonds is 1. The van der Waals surface area contributed by atoms with E-state index >= 15 is 0 Å². The Morgan fingerprint density at radius 2 is 1.60 bits per heavy atom. The van der Waals surface area contributed by atoms with Gasteiger partial charge in [0.05, 0.1) is 5.57 Å². The predicted octanol–water partition coefficient (Wildman–Crippen LogP) is 1.92. The summed E-state index contributed by atoms with van der Waals surface area (Å²) in [4.78, 5) is 11.4. The van der Waals surface area contributed by atoms with Gasteiger partial charge in [0.2, 0.25) is 0 Å². The van der Waals surface area contributed by atoms with Crippen molar-refractivity contribution in [3.05, 3.63) is 11.3 Å². The topological polar surface area (TPSA) is 75.3 Å². The van der Waals surface area contributed by atoms with Crippen LogP contribution >= 0.6 is 0 Å². The van der Waals surface area contributed by atoms with Gasteiger partial charge in [-0.2, -0.15) is 0 Å². The summed E-state index contributed by atoms with van der Waals surface area (Å²) in [5.74, 6) is 4.96. The molecule has 86 valence electrons. The van der Waals surface area contributed by atoms with Crippen LogP contribution in [-0.2, 0) is 4.79 Å². The smallest absolute Gasteiger partial charge is 0.264 e. The molecule has 0 heterocycles. The molecule has 0 radical (unpaired) electrons. The van der Waals surface area contributed by atoms with Crippen LogP contribution in [0.15, 0.2) is 11.3 Å². The van der Waals surface area contributed by atoms with Crippen molar-refractivity contribution in [2.45, 2.75) is 51.4 Å². The second kappa shape index (κ2) is 6.45. The number of aliphatic hydroxyl groups excluding tert-OH is 1. The van der Waals surface area contributed by atoms with Crippen molar-refractivity contribution >= 4 is 5.91 Å². The van der Waals surface area contributed by atoms with E-state index in [0.717, 1.165) is 25.7 Å². The van der Waals surface area contributed by atoms with Crippen molar-refractivity contribution in [1.82, 2.24) is 5.43 Å². The maximum atomic E-state index is 11.4. The number of hydrogen-bond acceptors (Lipinski definition) is 3. The SMILES string of the molecule is NNC(=O)/C1=C(\O)CCCCCCCC1. The monoisotopic (exact) mass is 212 g/mol. The molecule has 0 fully saturated rings. The lowest BCUT2D eigenvalue weighted by molar-refractivity contribution is -0.117. The molecule has 0 bridgehead atoms.